The summed E-state index contributed by atoms with van der Waals surface area (Å²) in [6, 6.07) is 0. The van der Waals surface area contributed by atoms with E-state index < -0.39 is 10.7 Å². The first-order valence-electron chi connectivity index (χ1n) is 2.40. The van der Waals surface area contributed by atoms with E-state index in [1.54, 1.807) is 0 Å². The van der Waals surface area contributed by atoms with Crippen molar-refractivity contribution in [2.75, 3.05) is 0 Å². The predicted molar refractivity (Wildman–Crippen MR) is 33.7 cm³/mol. The summed E-state index contributed by atoms with van der Waals surface area (Å²) in [6.07, 6.45) is 0. The molecule has 0 bridgehead atoms. The van der Waals surface area contributed by atoms with Gasteiger partial charge < -0.3 is 0 Å². The average Bonchev–Trinajstić information content (AvgIpc) is 2.26. The van der Waals surface area contributed by atoms with E-state index in [4.69, 9.17) is 31.6 Å². The normalized spacial score (nSPS) is 10.9. The zero-order valence-electron chi connectivity index (χ0n) is 8.35. The van der Waals surface area contributed by atoms with Crippen molar-refractivity contribution >= 4 is 0 Å². The fraction of sp³-hybridized carbons (Fsp3) is 0. The Hall–Kier alpha value is -0.0470. The Kier molecular flexibility index (Phi) is 10.3. The maximum Gasteiger partial charge on any atom is 2.00 e. The second kappa shape index (κ2) is 6.63. The molecule has 0 aromatic rings. The quantitative estimate of drug-likeness (QED) is 0.407. The van der Waals surface area contributed by atoms with Crippen LogP contribution in [0.5, 0.6) is 0 Å². The van der Waals surface area contributed by atoms with Gasteiger partial charge in [-0.3, -0.25) is 0 Å². The Bertz CT molecular complexity index is 401. The van der Waals surface area contributed by atoms with E-state index in [2.05, 4.69) is 0 Å². The minimum atomic E-state index is -6.17. The molecule has 0 heterocycles. The molecule has 0 fully saturated rings. The zero-order valence-corrected chi connectivity index (χ0v) is 14.4. The molecule has 0 amide bonds. The van der Waals surface area contributed by atoms with Crippen LogP contribution >= 0.6 is 0 Å². The number of rotatable bonds is 0. The van der Waals surface area contributed by atoms with E-state index in [9.17, 15) is 0 Å². The van der Waals surface area contributed by atoms with Crippen molar-refractivity contribution in [2.24, 2.45) is 0 Å². The van der Waals surface area contributed by atoms with Crippen LogP contribution in [-0.4, -0.2) is 0 Å². The second-order valence-electron chi connectivity index (χ2n) is 1.80. The third-order valence-electron chi connectivity index (χ3n) is 1.19. The smallest absolute Gasteiger partial charge is 1.00 e. The molecule has 0 aromatic carbocycles. The van der Waals surface area contributed by atoms with E-state index in [-0.39, 0.29) is 75.6 Å². The van der Waals surface area contributed by atoms with Gasteiger partial charge in [-0.25, -0.2) is 0 Å². The molecule has 0 aliphatic rings. The average molecular weight is 317 g/mol. The van der Waals surface area contributed by atoms with E-state index in [0.29, 0.717) is 0 Å². The number of hydrogen-bond acceptors (Lipinski definition) is 6. The first-order chi connectivity index (χ1) is 5.97. The van der Waals surface area contributed by atoms with Gasteiger partial charge in [-0.2, -0.15) is 0 Å². The minimum Gasteiger partial charge on any atom is 1.00 e. The molecule has 0 aliphatic heterocycles. The molecule has 0 N–H and O–H groups in total. The summed E-state index contributed by atoms with van der Waals surface area (Å²) in [5.74, 6) is 0. The van der Waals surface area contributed by atoms with Crippen molar-refractivity contribution in [2.45, 2.75) is 0 Å². The summed E-state index contributed by atoms with van der Waals surface area (Å²) in [7, 11) is -6.17. The third kappa shape index (κ3) is 2.61. The van der Waals surface area contributed by atoms with Crippen molar-refractivity contribution in [1.29, 1.82) is 31.6 Å². The number of hydrogen-bond donors (Lipinski definition) is 0. The zero-order chi connectivity index (χ0) is 10.7. The summed E-state index contributed by atoms with van der Waals surface area (Å²) >= 11 is 0. The van der Waals surface area contributed by atoms with Gasteiger partial charge in [-0.1, -0.05) is 0 Å². The molecule has 0 rings (SSSR count). The van der Waals surface area contributed by atoms with Gasteiger partial charge in [0.25, 0.3) is 0 Å². The van der Waals surface area contributed by atoms with E-state index in [1.165, 1.54) is 0 Å². The summed E-state index contributed by atoms with van der Waals surface area (Å²) < 4.78 is 0. The maximum atomic E-state index is 8.58. The van der Waals surface area contributed by atoms with Crippen molar-refractivity contribution < 1.29 is 86.3 Å². The molecule has 0 radical (unpaired) electrons. The van der Waals surface area contributed by atoms with E-state index in [0.717, 1.165) is 29.8 Å². The Balaban J connectivity index is -0.000000240. The Morgan fingerprint density at radius 1 is 0.500 bits per heavy atom. The minimum absolute atomic E-state index is 0. The fourth-order valence-electron chi connectivity index (χ4n) is 0.265. The topological polar surface area (TPSA) is 143 Å². The van der Waals surface area contributed by atoms with Crippen LogP contribution in [0.4, 0.5) is 0 Å². The van der Waals surface area contributed by atoms with Crippen LogP contribution in [0.25, 0.3) is 0 Å². The summed E-state index contributed by atoms with van der Waals surface area (Å²) in [6.45, 7) is 0. The van der Waals surface area contributed by atoms with Crippen LogP contribution in [-0.2, 0) is 27.2 Å². The molecule has 0 spiro atoms. The van der Waals surface area contributed by atoms with Crippen LogP contribution < -0.4 is 59.1 Å². The van der Waals surface area contributed by atoms with Crippen molar-refractivity contribution in [3.05, 3.63) is 0 Å². The first kappa shape index (κ1) is 25.0. The van der Waals surface area contributed by atoms with Gasteiger partial charge in [-0.05, 0) is 0 Å². The van der Waals surface area contributed by atoms with Gasteiger partial charge in [-0.15, -0.1) is 0 Å². The van der Waals surface area contributed by atoms with Gasteiger partial charge in [0.2, 0.25) is 0 Å². The Labute approximate surface area is 145 Å². The van der Waals surface area contributed by atoms with E-state index in [1.807, 2.05) is 0 Å². The summed E-state index contributed by atoms with van der Waals surface area (Å²) in [4.78, 5) is 6.19. The van der Waals surface area contributed by atoms with Crippen LogP contribution in [0, 0.1) is 61.4 Å². The molecule has 0 unspecified atom stereocenters. The molecule has 0 atom stereocenters. The fourth-order valence-corrected chi connectivity index (χ4v) is 1.09. The van der Waals surface area contributed by atoms with Crippen molar-refractivity contribution in [1.82, 2.24) is 0 Å². The summed E-state index contributed by atoms with van der Waals surface area (Å²) in [5.41, 5.74) is 0. The molecular weight excluding hydrogens is 317 g/mol. The number of nitriles is 6. The Morgan fingerprint density at radius 3 is 0.625 bits per heavy atom. The van der Waals surface area contributed by atoms with Crippen LogP contribution in [0.3, 0.4) is 0 Å². The van der Waals surface area contributed by atoms with Crippen LogP contribution in [0.15, 0.2) is 0 Å². The van der Waals surface area contributed by atoms with Gasteiger partial charge in [0, 0.05) is 0 Å². The second-order valence-corrected chi connectivity index (χ2v) is 7.42. The van der Waals surface area contributed by atoms with Gasteiger partial charge in [0.1, 0.15) is 0 Å². The summed E-state index contributed by atoms with van der Waals surface area (Å²) in [5, 5.41) is 51.5. The molecule has 10 heteroatoms. The maximum absolute atomic E-state index is 8.58. The molecule has 0 aliphatic carbocycles. The molecule has 6 nitrogen and oxygen atoms in total. The SMILES string of the molecule is N#[C][Fe-4]([C]#N)([C]#N)([C]#N)([C]#N)[C]#N.[Na+].[Na+].[Ni+2]. The van der Waals surface area contributed by atoms with Gasteiger partial charge >= 0.3 is 148 Å². The molecular formula is C6FeN6Na2Ni. The van der Waals surface area contributed by atoms with E-state index >= 15 is 0 Å². The largest absolute Gasteiger partial charge is 2.00 e. The monoisotopic (exact) mass is 316 g/mol. The Morgan fingerprint density at radius 2 is 0.625 bits per heavy atom. The molecule has 0 aromatic heterocycles. The molecule has 0 saturated heterocycles. The molecule has 74 valence electrons. The number of nitrogens with zero attached hydrogens (tertiary/aromatic N) is 6. The van der Waals surface area contributed by atoms with Gasteiger partial charge in [0.05, 0.1) is 0 Å². The molecule has 16 heavy (non-hydrogen) atoms. The molecule has 0 saturated carbocycles. The predicted octanol–water partition coefficient (Wildman–Crippen LogP) is -5.90. The van der Waals surface area contributed by atoms with Gasteiger partial charge in [0.15, 0.2) is 0 Å². The van der Waals surface area contributed by atoms with Crippen LogP contribution in [0.2, 0.25) is 0 Å². The standard InChI is InChI=1S/6CN.Fe.2Na.Ni/c6*1-2;;;;/q;;;;;;-4;2*+1;+2. The van der Waals surface area contributed by atoms with Crippen LogP contribution in [0.1, 0.15) is 0 Å². The van der Waals surface area contributed by atoms with Crippen molar-refractivity contribution in [3.8, 4) is 29.8 Å². The van der Waals surface area contributed by atoms with Crippen molar-refractivity contribution in [3.63, 3.8) is 0 Å². The third-order valence-corrected chi connectivity index (χ3v) is 4.89. The first-order valence-corrected chi connectivity index (χ1v) is 5.71.